The molecule has 1 unspecified atom stereocenters. The zero-order valence-electron chi connectivity index (χ0n) is 19.7. The van der Waals surface area contributed by atoms with Gasteiger partial charge >= 0.3 is 0 Å². The van der Waals surface area contributed by atoms with Gasteiger partial charge < -0.3 is 29.6 Å². The molecule has 0 amide bonds. The average molecular weight is 464 g/mol. The van der Waals surface area contributed by atoms with E-state index >= 15 is 0 Å². The number of benzene rings is 2. The van der Waals surface area contributed by atoms with Crippen molar-refractivity contribution in [2.24, 2.45) is 10.7 Å². The molecule has 1 atom stereocenters. The van der Waals surface area contributed by atoms with E-state index in [1.807, 2.05) is 48.5 Å². The Morgan fingerprint density at radius 3 is 1.94 bits per heavy atom. The van der Waals surface area contributed by atoms with E-state index in [9.17, 15) is 0 Å². The van der Waals surface area contributed by atoms with Gasteiger partial charge in [0.15, 0.2) is 5.79 Å². The zero-order chi connectivity index (χ0) is 24.1. The Morgan fingerprint density at radius 1 is 0.824 bits per heavy atom. The van der Waals surface area contributed by atoms with Crippen LogP contribution in [-0.2, 0) is 13.0 Å². The molecule has 3 aromatic rings. The summed E-state index contributed by atoms with van der Waals surface area (Å²) in [6.07, 6.45) is 2.14. The van der Waals surface area contributed by atoms with Gasteiger partial charge in [0.2, 0.25) is 0 Å². The topological polar surface area (TPSA) is 112 Å². The molecule has 0 saturated carbocycles. The molecule has 4 rings (SSSR count). The lowest BCUT2D eigenvalue weighted by Crippen LogP contribution is -2.65. The minimum atomic E-state index is -1.04. The smallest absolute Gasteiger partial charge is 0.168 e. The highest BCUT2D eigenvalue weighted by molar-refractivity contribution is 6.05. The molecule has 1 aliphatic rings. The van der Waals surface area contributed by atoms with Crippen LogP contribution in [-0.4, -0.2) is 45.0 Å². The standard InChI is InChI=1S/C25H29N5O4/c1-31-18-8-16(9-19(12-18)32-2)14-25(26)29-23-22(6-5-7-27-23)24(30-25)28-15-17-10-20(33-3)13-21(11-17)34-4/h5-13H,14-15,26H2,1-4H3,(H,27,29)(H,28,30). The average Bonchev–Trinajstić information content (AvgIpc) is 2.86. The van der Waals surface area contributed by atoms with Crippen LogP contribution >= 0.6 is 0 Å². The molecule has 34 heavy (non-hydrogen) atoms. The SMILES string of the molecule is COc1cc(CN=C2NC(N)(Cc3cc(OC)cc(OC)c3)Nc3ncccc32)cc(OC)c1. The molecule has 0 bridgehead atoms. The molecule has 178 valence electrons. The van der Waals surface area contributed by atoms with Crippen LogP contribution in [0.5, 0.6) is 23.0 Å². The van der Waals surface area contributed by atoms with E-state index < -0.39 is 5.79 Å². The van der Waals surface area contributed by atoms with Crippen LogP contribution in [0.4, 0.5) is 5.82 Å². The van der Waals surface area contributed by atoms with Gasteiger partial charge in [-0.05, 0) is 47.5 Å². The highest BCUT2D eigenvalue weighted by Crippen LogP contribution is 2.28. The summed E-state index contributed by atoms with van der Waals surface area (Å²) >= 11 is 0. The van der Waals surface area contributed by atoms with E-state index in [4.69, 9.17) is 29.7 Å². The molecule has 9 heteroatoms. The molecule has 0 saturated heterocycles. The third-order valence-corrected chi connectivity index (χ3v) is 5.47. The Labute approximate surface area is 198 Å². The molecule has 2 heterocycles. The number of nitrogens with two attached hydrogens (primary N) is 1. The van der Waals surface area contributed by atoms with Gasteiger partial charge in [0, 0.05) is 24.8 Å². The Kier molecular flexibility index (Phi) is 6.74. The fraction of sp³-hybridized carbons (Fsp3) is 0.280. The van der Waals surface area contributed by atoms with Gasteiger partial charge in [-0.25, -0.2) is 4.98 Å². The van der Waals surface area contributed by atoms with E-state index in [-0.39, 0.29) is 0 Å². The van der Waals surface area contributed by atoms with Crippen LogP contribution in [0.2, 0.25) is 0 Å². The number of ether oxygens (including phenoxy) is 4. The van der Waals surface area contributed by atoms with Crippen molar-refractivity contribution in [1.29, 1.82) is 0 Å². The first kappa shape index (κ1) is 23.2. The third kappa shape index (κ3) is 5.15. The predicted molar refractivity (Wildman–Crippen MR) is 131 cm³/mol. The number of aromatic nitrogens is 1. The highest BCUT2D eigenvalue weighted by atomic mass is 16.5. The van der Waals surface area contributed by atoms with Gasteiger partial charge in [-0.3, -0.25) is 10.7 Å². The summed E-state index contributed by atoms with van der Waals surface area (Å²) < 4.78 is 21.6. The number of amidine groups is 1. The second-order valence-corrected chi connectivity index (χ2v) is 7.90. The van der Waals surface area contributed by atoms with Crippen LogP contribution in [0.3, 0.4) is 0 Å². The number of hydrogen-bond donors (Lipinski definition) is 3. The van der Waals surface area contributed by atoms with Crippen LogP contribution in [0.25, 0.3) is 0 Å². The fourth-order valence-electron chi connectivity index (χ4n) is 3.85. The van der Waals surface area contributed by atoms with E-state index in [0.29, 0.717) is 47.6 Å². The van der Waals surface area contributed by atoms with Crippen molar-refractivity contribution < 1.29 is 18.9 Å². The van der Waals surface area contributed by atoms with Gasteiger partial charge in [0.1, 0.15) is 34.7 Å². The number of nitrogens with zero attached hydrogens (tertiary/aromatic N) is 2. The summed E-state index contributed by atoms with van der Waals surface area (Å²) in [7, 11) is 6.48. The second kappa shape index (κ2) is 9.88. The van der Waals surface area contributed by atoms with E-state index in [0.717, 1.165) is 16.7 Å². The van der Waals surface area contributed by atoms with Crippen molar-refractivity contribution >= 4 is 11.7 Å². The number of pyridine rings is 1. The molecule has 9 nitrogen and oxygen atoms in total. The van der Waals surface area contributed by atoms with Gasteiger partial charge in [-0.2, -0.15) is 0 Å². The minimum Gasteiger partial charge on any atom is -0.497 e. The molecular formula is C25H29N5O4. The molecular weight excluding hydrogens is 434 g/mol. The lowest BCUT2D eigenvalue weighted by molar-refractivity contribution is 0.390. The third-order valence-electron chi connectivity index (χ3n) is 5.47. The maximum absolute atomic E-state index is 6.77. The summed E-state index contributed by atoms with van der Waals surface area (Å²) in [5, 5.41) is 6.68. The van der Waals surface area contributed by atoms with Crippen molar-refractivity contribution in [2.75, 3.05) is 33.8 Å². The van der Waals surface area contributed by atoms with Crippen molar-refractivity contribution in [3.05, 3.63) is 71.4 Å². The molecule has 0 spiro atoms. The van der Waals surface area contributed by atoms with Crippen molar-refractivity contribution in [1.82, 2.24) is 10.3 Å². The van der Waals surface area contributed by atoms with Crippen molar-refractivity contribution in [3.8, 4) is 23.0 Å². The first-order valence-electron chi connectivity index (χ1n) is 10.7. The summed E-state index contributed by atoms with van der Waals surface area (Å²) in [5.41, 5.74) is 9.48. The Bertz CT molecular complexity index is 1160. The van der Waals surface area contributed by atoms with Crippen LogP contribution in [0.1, 0.15) is 16.7 Å². The van der Waals surface area contributed by atoms with Gasteiger partial charge in [-0.1, -0.05) is 0 Å². The molecule has 0 radical (unpaired) electrons. The Hall–Kier alpha value is -3.98. The maximum atomic E-state index is 6.77. The number of anilines is 1. The van der Waals surface area contributed by atoms with E-state index in [1.165, 1.54) is 0 Å². The molecule has 1 aromatic heterocycles. The monoisotopic (exact) mass is 463 g/mol. The quantitative estimate of drug-likeness (QED) is 0.468. The molecule has 4 N–H and O–H groups in total. The van der Waals surface area contributed by atoms with Gasteiger partial charge in [0.25, 0.3) is 0 Å². The van der Waals surface area contributed by atoms with Crippen molar-refractivity contribution in [3.63, 3.8) is 0 Å². The number of hydrogen-bond acceptors (Lipinski definition) is 8. The van der Waals surface area contributed by atoms with E-state index in [2.05, 4.69) is 15.6 Å². The summed E-state index contributed by atoms with van der Waals surface area (Å²) in [6, 6.07) is 15.2. The molecule has 1 aliphatic heterocycles. The first-order chi connectivity index (χ1) is 16.4. The van der Waals surface area contributed by atoms with E-state index in [1.54, 1.807) is 34.6 Å². The number of fused-ring (bicyclic) bond motifs is 1. The van der Waals surface area contributed by atoms with Gasteiger partial charge in [0.05, 0.1) is 40.5 Å². The van der Waals surface area contributed by atoms with Crippen LogP contribution in [0, 0.1) is 0 Å². The molecule has 2 aromatic carbocycles. The summed E-state index contributed by atoms with van der Waals surface area (Å²) in [6.45, 7) is 0.396. The van der Waals surface area contributed by atoms with Crippen LogP contribution in [0.15, 0.2) is 59.7 Å². The van der Waals surface area contributed by atoms with Gasteiger partial charge in [-0.15, -0.1) is 0 Å². The highest BCUT2D eigenvalue weighted by Gasteiger charge is 2.34. The maximum Gasteiger partial charge on any atom is 0.168 e. The number of aliphatic imine (C=N–C) groups is 1. The fourth-order valence-corrected chi connectivity index (χ4v) is 3.85. The largest absolute Gasteiger partial charge is 0.497 e. The van der Waals surface area contributed by atoms with Crippen molar-refractivity contribution in [2.45, 2.75) is 18.8 Å². The normalized spacial score (nSPS) is 17.9. The second-order valence-electron chi connectivity index (χ2n) is 7.90. The Balaban J connectivity index is 1.65. The Morgan fingerprint density at radius 2 is 1.38 bits per heavy atom. The summed E-state index contributed by atoms with van der Waals surface area (Å²) in [5.74, 6) is 3.04. The summed E-state index contributed by atoms with van der Waals surface area (Å²) in [4.78, 5) is 9.32. The lowest BCUT2D eigenvalue weighted by atomic mass is 10.0. The minimum absolute atomic E-state index is 0.396. The lowest BCUT2D eigenvalue weighted by Gasteiger charge is -2.38. The number of methoxy groups -OCH3 is 4. The zero-order valence-corrected chi connectivity index (χ0v) is 19.7. The molecule has 0 fully saturated rings. The predicted octanol–water partition coefficient (Wildman–Crippen LogP) is 2.93. The first-order valence-corrected chi connectivity index (χ1v) is 10.7. The molecule has 0 aliphatic carbocycles. The van der Waals surface area contributed by atoms with Crippen LogP contribution < -0.4 is 35.3 Å². The number of nitrogens with one attached hydrogen (secondary N) is 2. The number of rotatable bonds is 8.